The molecule has 0 atom stereocenters. The van der Waals surface area contributed by atoms with Crippen LogP contribution in [-0.4, -0.2) is 37.5 Å². The monoisotopic (exact) mass is 286 g/mol. The third-order valence-electron chi connectivity index (χ3n) is 5.19. The van der Waals surface area contributed by atoms with Gasteiger partial charge in [0.25, 0.3) is 0 Å². The van der Waals surface area contributed by atoms with Crippen LogP contribution in [0.1, 0.15) is 37.7 Å². The van der Waals surface area contributed by atoms with Crippen LogP contribution in [-0.2, 0) is 10.2 Å². The second-order valence-corrected chi connectivity index (χ2v) is 6.58. The van der Waals surface area contributed by atoms with Crippen molar-refractivity contribution >= 4 is 5.91 Å². The van der Waals surface area contributed by atoms with Gasteiger partial charge in [-0.05, 0) is 57.2 Å². The lowest BCUT2D eigenvalue weighted by molar-refractivity contribution is -0.135. The zero-order valence-corrected chi connectivity index (χ0v) is 13.0. The zero-order valence-electron chi connectivity index (χ0n) is 13.0. The number of hydrogen-bond donors (Lipinski definition) is 1. The fourth-order valence-corrected chi connectivity index (χ4v) is 3.58. The normalized spacial score (nSPS) is 21.3. The highest BCUT2D eigenvalue weighted by Crippen LogP contribution is 2.49. The van der Waals surface area contributed by atoms with E-state index in [1.165, 1.54) is 12.0 Å². The van der Waals surface area contributed by atoms with Gasteiger partial charge in [0.15, 0.2) is 0 Å². The van der Waals surface area contributed by atoms with Gasteiger partial charge in [-0.25, -0.2) is 0 Å². The molecule has 0 bridgehead atoms. The number of rotatable bonds is 5. The Hall–Kier alpha value is -1.35. The second kappa shape index (κ2) is 6.18. The maximum Gasteiger partial charge on any atom is 0.233 e. The van der Waals surface area contributed by atoms with Gasteiger partial charge in [-0.2, -0.15) is 0 Å². The number of nitrogens with one attached hydrogen (secondary N) is 1. The van der Waals surface area contributed by atoms with E-state index in [1.807, 2.05) is 25.2 Å². The summed E-state index contributed by atoms with van der Waals surface area (Å²) in [6, 6.07) is 10.4. The highest BCUT2D eigenvalue weighted by atomic mass is 16.2. The van der Waals surface area contributed by atoms with E-state index >= 15 is 0 Å². The number of amides is 1. The second-order valence-electron chi connectivity index (χ2n) is 6.58. The molecule has 114 valence electrons. The first-order valence-corrected chi connectivity index (χ1v) is 8.26. The first-order valence-electron chi connectivity index (χ1n) is 8.26. The van der Waals surface area contributed by atoms with Crippen molar-refractivity contribution < 1.29 is 4.79 Å². The van der Waals surface area contributed by atoms with Gasteiger partial charge in [0.1, 0.15) is 0 Å². The molecule has 0 radical (unpaired) electrons. The molecule has 2 aliphatic rings. The predicted molar refractivity (Wildman–Crippen MR) is 85.2 cm³/mol. The Morgan fingerprint density at radius 3 is 2.48 bits per heavy atom. The van der Waals surface area contributed by atoms with Crippen molar-refractivity contribution in [1.82, 2.24) is 10.2 Å². The fourth-order valence-electron chi connectivity index (χ4n) is 3.58. The van der Waals surface area contributed by atoms with E-state index in [0.717, 1.165) is 51.2 Å². The molecule has 1 aromatic rings. The van der Waals surface area contributed by atoms with E-state index in [9.17, 15) is 4.79 Å². The third-order valence-corrected chi connectivity index (χ3v) is 5.19. The topological polar surface area (TPSA) is 32.3 Å². The summed E-state index contributed by atoms with van der Waals surface area (Å²) in [6.07, 6.45) is 5.62. The van der Waals surface area contributed by atoms with Gasteiger partial charge >= 0.3 is 0 Å². The van der Waals surface area contributed by atoms with Crippen LogP contribution in [0.25, 0.3) is 0 Å². The van der Waals surface area contributed by atoms with Gasteiger partial charge in [0.05, 0.1) is 5.41 Å². The summed E-state index contributed by atoms with van der Waals surface area (Å²) in [5.41, 5.74) is 1.03. The molecule has 3 nitrogen and oxygen atoms in total. The van der Waals surface area contributed by atoms with Crippen LogP contribution < -0.4 is 5.32 Å². The smallest absolute Gasteiger partial charge is 0.233 e. The standard InChI is InChI=1S/C18H26N2O/c1-19-12-7-15-8-13-20(14-9-15)17(21)18(10-11-18)16-5-3-2-4-6-16/h2-6,15,19H,7-14H2,1H3. The van der Waals surface area contributed by atoms with Crippen LogP contribution in [0.3, 0.4) is 0 Å². The summed E-state index contributed by atoms with van der Waals surface area (Å²) in [5, 5.41) is 3.22. The van der Waals surface area contributed by atoms with Gasteiger partial charge in [-0.3, -0.25) is 4.79 Å². The van der Waals surface area contributed by atoms with Crippen molar-refractivity contribution in [3.05, 3.63) is 35.9 Å². The van der Waals surface area contributed by atoms with Gasteiger partial charge in [-0.15, -0.1) is 0 Å². The molecule has 2 fully saturated rings. The van der Waals surface area contributed by atoms with E-state index in [4.69, 9.17) is 0 Å². The largest absolute Gasteiger partial charge is 0.342 e. The predicted octanol–water partition coefficient (Wildman–Crippen LogP) is 2.57. The maximum atomic E-state index is 12.9. The van der Waals surface area contributed by atoms with Crippen molar-refractivity contribution in [2.75, 3.05) is 26.7 Å². The number of carbonyl (C=O) groups excluding carboxylic acids is 1. The Kier molecular flexibility index (Phi) is 4.29. The van der Waals surface area contributed by atoms with Crippen LogP contribution in [0.2, 0.25) is 0 Å². The summed E-state index contributed by atoms with van der Waals surface area (Å²) in [7, 11) is 2.01. The lowest BCUT2D eigenvalue weighted by atomic mass is 9.90. The number of likely N-dealkylation sites (tertiary alicyclic amines) is 1. The van der Waals surface area contributed by atoms with E-state index < -0.39 is 0 Å². The molecular weight excluding hydrogens is 260 g/mol. The Bertz CT molecular complexity index is 473. The lowest BCUT2D eigenvalue weighted by Crippen LogP contribution is -2.44. The zero-order chi connectivity index (χ0) is 14.7. The Labute approximate surface area is 127 Å². The molecule has 3 heteroatoms. The van der Waals surface area contributed by atoms with Crippen molar-refractivity contribution in [2.45, 2.75) is 37.5 Å². The fraction of sp³-hybridized carbons (Fsp3) is 0.611. The Morgan fingerprint density at radius 2 is 1.90 bits per heavy atom. The van der Waals surface area contributed by atoms with Gasteiger partial charge in [0, 0.05) is 13.1 Å². The van der Waals surface area contributed by atoms with E-state index in [2.05, 4.69) is 22.3 Å². The minimum atomic E-state index is -0.181. The van der Waals surface area contributed by atoms with Gasteiger partial charge in [-0.1, -0.05) is 30.3 Å². The molecule has 1 aromatic carbocycles. The molecule has 3 rings (SSSR count). The SMILES string of the molecule is CNCCC1CCN(C(=O)C2(c3ccccc3)CC2)CC1. The van der Waals surface area contributed by atoms with Crippen LogP contribution in [0.4, 0.5) is 0 Å². The molecule has 1 heterocycles. The van der Waals surface area contributed by atoms with Crippen molar-refractivity contribution in [1.29, 1.82) is 0 Å². The molecule has 1 aliphatic heterocycles. The number of carbonyl (C=O) groups is 1. The molecule has 1 saturated heterocycles. The number of nitrogens with zero attached hydrogens (tertiary/aromatic N) is 1. The molecule has 0 unspecified atom stereocenters. The molecular formula is C18H26N2O. The van der Waals surface area contributed by atoms with Crippen LogP contribution in [0.5, 0.6) is 0 Å². The Balaban J connectivity index is 1.60. The number of benzene rings is 1. The van der Waals surface area contributed by atoms with Crippen LogP contribution in [0.15, 0.2) is 30.3 Å². The highest BCUT2D eigenvalue weighted by molar-refractivity contribution is 5.91. The van der Waals surface area contributed by atoms with E-state index in [0.29, 0.717) is 5.91 Å². The summed E-state index contributed by atoms with van der Waals surface area (Å²) in [4.78, 5) is 15.0. The first-order chi connectivity index (χ1) is 10.3. The molecule has 1 saturated carbocycles. The molecule has 1 amide bonds. The molecule has 21 heavy (non-hydrogen) atoms. The van der Waals surface area contributed by atoms with Crippen molar-refractivity contribution in [2.24, 2.45) is 5.92 Å². The summed E-state index contributed by atoms with van der Waals surface area (Å²) < 4.78 is 0. The van der Waals surface area contributed by atoms with Crippen LogP contribution >= 0.6 is 0 Å². The molecule has 0 aromatic heterocycles. The van der Waals surface area contributed by atoms with E-state index in [-0.39, 0.29) is 5.41 Å². The maximum absolute atomic E-state index is 12.9. The number of hydrogen-bond acceptors (Lipinski definition) is 2. The molecule has 1 N–H and O–H groups in total. The van der Waals surface area contributed by atoms with Crippen molar-refractivity contribution in [3.8, 4) is 0 Å². The van der Waals surface area contributed by atoms with Crippen LogP contribution in [0, 0.1) is 5.92 Å². The molecule has 0 spiro atoms. The van der Waals surface area contributed by atoms with E-state index in [1.54, 1.807) is 0 Å². The minimum absolute atomic E-state index is 0.181. The average molecular weight is 286 g/mol. The minimum Gasteiger partial charge on any atom is -0.342 e. The van der Waals surface area contributed by atoms with Crippen molar-refractivity contribution in [3.63, 3.8) is 0 Å². The first kappa shape index (κ1) is 14.6. The lowest BCUT2D eigenvalue weighted by Gasteiger charge is -2.34. The summed E-state index contributed by atoms with van der Waals surface area (Å²) in [6.45, 7) is 2.98. The number of piperidine rings is 1. The Morgan fingerprint density at radius 1 is 1.24 bits per heavy atom. The average Bonchev–Trinajstić information content (AvgIpc) is 3.35. The quantitative estimate of drug-likeness (QED) is 0.902. The summed E-state index contributed by atoms with van der Waals surface area (Å²) in [5.74, 6) is 1.16. The van der Waals surface area contributed by atoms with Gasteiger partial charge in [0.2, 0.25) is 5.91 Å². The third kappa shape index (κ3) is 2.98. The summed E-state index contributed by atoms with van der Waals surface area (Å²) >= 11 is 0. The highest BCUT2D eigenvalue weighted by Gasteiger charge is 2.53. The molecule has 1 aliphatic carbocycles. The van der Waals surface area contributed by atoms with Gasteiger partial charge < -0.3 is 10.2 Å².